The van der Waals surface area contributed by atoms with E-state index in [4.69, 9.17) is 9.72 Å². The van der Waals surface area contributed by atoms with Gasteiger partial charge < -0.3 is 14.5 Å². The number of hydrogen-bond donors (Lipinski definition) is 0. The van der Waals surface area contributed by atoms with Gasteiger partial charge in [0.2, 0.25) is 0 Å². The molecule has 0 N–H and O–H groups in total. The molecule has 1 aliphatic rings. The maximum atomic E-state index is 13.6. The van der Waals surface area contributed by atoms with Crippen LogP contribution in [-0.4, -0.2) is 53.6 Å². The van der Waals surface area contributed by atoms with Crippen LogP contribution in [-0.2, 0) is 6.54 Å². The first-order valence-corrected chi connectivity index (χ1v) is 11.4. The summed E-state index contributed by atoms with van der Waals surface area (Å²) in [6.07, 6.45) is 0. The quantitative estimate of drug-likeness (QED) is 0.462. The Hall–Kier alpha value is -4.13. The van der Waals surface area contributed by atoms with Gasteiger partial charge in [0.05, 0.1) is 24.7 Å². The van der Waals surface area contributed by atoms with Gasteiger partial charge in [0, 0.05) is 31.7 Å². The number of anilines is 1. The van der Waals surface area contributed by atoms with E-state index in [1.807, 2.05) is 76.5 Å². The van der Waals surface area contributed by atoms with Crippen molar-refractivity contribution >= 4 is 22.8 Å². The summed E-state index contributed by atoms with van der Waals surface area (Å²) in [5.74, 6) is 1.05. The van der Waals surface area contributed by atoms with Crippen LogP contribution in [0.3, 0.4) is 0 Å². The fourth-order valence-electron chi connectivity index (χ4n) is 4.37. The lowest BCUT2D eigenvalue weighted by molar-refractivity contribution is 0.0746. The summed E-state index contributed by atoms with van der Waals surface area (Å²) in [5, 5.41) is 0. The number of benzene rings is 3. The average Bonchev–Trinajstić information content (AvgIpc) is 2.90. The van der Waals surface area contributed by atoms with E-state index in [1.165, 1.54) is 0 Å². The first-order chi connectivity index (χ1) is 16.6. The number of nitrogens with zero attached hydrogens (tertiary/aromatic N) is 4. The Bertz CT molecular complexity index is 1380. The summed E-state index contributed by atoms with van der Waals surface area (Å²) < 4.78 is 7.04. The molecule has 2 heterocycles. The lowest BCUT2D eigenvalue weighted by atomic mass is 10.1. The van der Waals surface area contributed by atoms with Crippen LogP contribution in [0.15, 0.2) is 83.7 Å². The van der Waals surface area contributed by atoms with Gasteiger partial charge in [0.1, 0.15) is 5.75 Å². The van der Waals surface area contributed by atoms with Gasteiger partial charge in [-0.25, -0.2) is 4.98 Å². The average molecular weight is 455 g/mol. The molecule has 5 rings (SSSR count). The summed E-state index contributed by atoms with van der Waals surface area (Å²) in [6, 6.07) is 24.9. The first kappa shape index (κ1) is 21.7. The van der Waals surface area contributed by atoms with Crippen LogP contribution in [0, 0.1) is 0 Å². The van der Waals surface area contributed by atoms with E-state index in [0.717, 1.165) is 16.6 Å². The zero-order chi connectivity index (χ0) is 23.5. The summed E-state index contributed by atoms with van der Waals surface area (Å²) in [5.41, 5.74) is 3.13. The second-order valence-electron chi connectivity index (χ2n) is 8.31. The number of piperazine rings is 1. The topological polar surface area (TPSA) is 67.7 Å². The van der Waals surface area contributed by atoms with Gasteiger partial charge >= 0.3 is 0 Å². The van der Waals surface area contributed by atoms with Crippen LogP contribution >= 0.6 is 0 Å². The largest absolute Gasteiger partial charge is 0.497 e. The standard InChI is InChI=1S/C27H26N4O3/c1-34-22-11-7-10-21(18-22)26(32)30-16-14-29(15-17-30)25-27(33)31(19-20-8-3-2-4-9-20)24-13-6-5-12-23(24)28-25/h2-13,18H,14-17,19H2,1H3. The summed E-state index contributed by atoms with van der Waals surface area (Å²) in [4.78, 5) is 35.1. The third-order valence-corrected chi connectivity index (χ3v) is 6.20. The molecule has 0 atom stereocenters. The van der Waals surface area contributed by atoms with E-state index < -0.39 is 0 Å². The Labute approximate surface area is 197 Å². The lowest BCUT2D eigenvalue weighted by Crippen LogP contribution is -2.50. The third kappa shape index (κ3) is 4.24. The SMILES string of the molecule is COc1cccc(C(=O)N2CCN(c3nc4ccccc4n(Cc4ccccc4)c3=O)CC2)c1. The molecule has 0 unspecified atom stereocenters. The molecule has 0 spiro atoms. The zero-order valence-corrected chi connectivity index (χ0v) is 19.1. The highest BCUT2D eigenvalue weighted by Crippen LogP contribution is 2.19. The van der Waals surface area contributed by atoms with Crippen molar-refractivity contribution in [2.75, 3.05) is 38.2 Å². The molecule has 0 aliphatic carbocycles. The van der Waals surface area contributed by atoms with Gasteiger partial charge in [-0.15, -0.1) is 0 Å². The predicted octanol–water partition coefficient (Wildman–Crippen LogP) is 3.42. The monoisotopic (exact) mass is 454 g/mol. The van der Waals surface area contributed by atoms with Crippen molar-refractivity contribution in [3.05, 3.63) is 100 Å². The van der Waals surface area contributed by atoms with E-state index in [9.17, 15) is 9.59 Å². The van der Waals surface area contributed by atoms with Gasteiger partial charge in [-0.05, 0) is 35.9 Å². The normalized spacial score (nSPS) is 13.8. The fraction of sp³-hybridized carbons (Fsp3) is 0.222. The number of carbonyl (C=O) groups excluding carboxylic acids is 1. The molecular formula is C27H26N4O3. The molecule has 7 nitrogen and oxygen atoms in total. The van der Waals surface area contributed by atoms with Gasteiger partial charge in [0.15, 0.2) is 5.82 Å². The highest BCUT2D eigenvalue weighted by Gasteiger charge is 2.25. The predicted molar refractivity (Wildman–Crippen MR) is 133 cm³/mol. The van der Waals surface area contributed by atoms with Gasteiger partial charge in [0.25, 0.3) is 11.5 Å². The third-order valence-electron chi connectivity index (χ3n) is 6.20. The van der Waals surface area contributed by atoms with Crippen LogP contribution in [0.1, 0.15) is 15.9 Å². The zero-order valence-electron chi connectivity index (χ0n) is 19.1. The van der Waals surface area contributed by atoms with Crippen LogP contribution in [0.4, 0.5) is 5.82 Å². The number of carbonyl (C=O) groups is 1. The molecule has 3 aromatic carbocycles. The van der Waals surface area contributed by atoms with E-state index in [1.54, 1.807) is 23.8 Å². The summed E-state index contributed by atoms with van der Waals surface area (Å²) in [7, 11) is 1.59. The minimum absolute atomic E-state index is 0.0356. The Morgan fingerprint density at radius 1 is 0.912 bits per heavy atom. The molecule has 1 fully saturated rings. The second-order valence-corrected chi connectivity index (χ2v) is 8.31. The first-order valence-electron chi connectivity index (χ1n) is 11.4. The number of para-hydroxylation sites is 2. The number of methoxy groups -OCH3 is 1. The number of rotatable bonds is 5. The molecule has 1 amide bonds. The summed E-state index contributed by atoms with van der Waals surface area (Å²) in [6.45, 7) is 2.60. The Kier molecular flexibility index (Phi) is 5.99. The number of hydrogen-bond acceptors (Lipinski definition) is 5. The fourth-order valence-corrected chi connectivity index (χ4v) is 4.37. The van der Waals surface area contributed by atoms with Crippen molar-refractivity contribution < 1.29 is 9.53 Å². The number of aromatic nitrogens is 2. The number of fused-ring (bicyclic) bond motifs is 1. The van der Waals surface area contributed by atoms with Gasteiger partial charge in [-0.2, -0.15) is 0 Å². The molecule has 1 aromatic heterocycles. The van der Waals surface area contributed by atoms with Crippen molar-refractivity contribution in [3.63, 3.8) is 0 Å². The van der Waals surface area contributed by atoms with Crippen LogP contribution in [0.5, 0.6) is 5.75 Å². The number of amides is 1. The van der Waals surface area contributed by atoms with Crippen LogP contribution in [0.25, 0.3) is 11.0 Å². The van der Waals surface area contributed by atoms with E-state index in [-0.39, 0.29) is 11.5 Å². The molecule has 1 saturated heterocycles. The molecule has 172 valence electrons. The second kappa shape index (κ2) is 9.39. The van der Waals surface area contributed by atoms with Crippen molar-refractivity contribution in [3.8, 4) is 5.75 Å². The molecular weight excluding hydrogens is 428 g/mol. The molecule has 7 heteroatoms. The Morgan fingerprint density at radius 3 is 2.41 bits per heavy atom. The molecule has 4 aromatic rings. The van der Waals surface area contributed by atoms with Crippen LogP contribution in [0.2, 0.25) is 0 Å². The molecule has 0 radical (unpaired) electrons. The molecule has 0 bridgehead atoms. The number of ether oxygens (including phenoxy) is 1. The van der Waals surface area contributed by atoms with E-state index >= 15 is 0 Å². The van der Waals surface area contributed by atoms with E-state index in [0.29, 0.717) is 49.9 Å². The summed E-state index contributed by atoms with van der Waals surface area (Å²) >= 11 is 0. The molecule has 1 aliphatic heterocycles. The van der Waals surface area contributed by atoms with E-state index in [2.05, 4.69) is 0 Å². The molecule has 0 saturated carbocycles. The van der Waals surface area contributed by atoms with Crippen LogP contribution < -0.4 is 15.2 Å². The van der Waals surface area contributed by atoms with Crippen molar-refractivity contribution in [2.45, 2.75) is 6.54 Å². The highest BCUT2D eigenvalue weighted by molar-refractivity contribution is 5.94. The Morgan fingerprint density at radius 2 is 1.65 bits per heavy atom. The minimum atomic E-state index is -0.116. The van der Waals surface area contributed by atoms with Gasteiger partial charge in [-0.1, -0.05) is 48.5 Å². The molecule has 34 heavy (non-hydrogen) atoms. The maximum absolute atomic E-state index is 13.6. The van der Waals surface area contributed by atoms with Gasteiger partial charge in [-0.3, -0.25) is 14.2 Å². The van der Waals surface area contributed by atoms with Crippen molar-refractivity contribution in [1.29, 1.82) is 0 Å². The van der Waals surface area contributed by atoms with Crippen molar-refractivity contribution in [2.24, 2.45) is 0 Å². The maximum Gasteiger partial charge on any atom is 0.294 e. The Balaban J connectivity index is 1.40. The lowest BCUT2D eigenvalue weighted by Gasteiger charge is -2.35. The smallest absolute Gasteiger partial charge is 0.294 e. The highest BCUT2D eigenvalue weighted by atomic mass is 16.5. The van der Waals surface area contributed by atoms with Crippen molar-refractivity contribution in [1.82, 2.24) is 14.5 Å². The minimum Gasteiger partial charge on any atom is -0.497 e.